The number of carboxylic acid groups (broad SMARTS) is 1. The Balaban J connectivity index is 2.48. The van der Waals surface area contributed by atoms with Gasteiger partial charge in [-0.1, -0.05) is 0 Å². The van der Waals surface area contributed by atoms with E-state index in [4.69, 9.17) is 5.11 Å². The molecule has 1 aliphatic rings. The molecule has 1 heterocycles. The number of rotatable bonds is 3. The molecule has 0 aromatic carbocycles. The second-order valence-electron chi connectivity index (χ2n) is 4.27. The van der Waals surface area contributed by atoms with Gasteiger partial charge in [-0.15, -0.1) is 11.3 Å². The lowest BCUT2D eigenvalue weighted by Crippen LogP contribution is -2.30. The normalized spacial score (nSPS) is 15.8. The molecule has 0 amide bonds. The van der Waals surface area contributed by atoms with Crippen molar-refractivity contribution in [3.8, 4) is 0 Å². The van der Waals surface area contributed by atoms with Crippen LogP contribution in [0.15, 0.2) is 0 Å². The number of nitrogens with one attached hydrogen (secondary N) is 1. The Morgan fingerprint density at radius 1 is 1.25 bits per heavy atom. The van der Waals surface area contributed by atoms with Gasteiger partial charge in [0.15, 0.2) is 0 Å². The highest BCUT2D eigenvalue weighted by Gasteiger charge is 2.47. The molecule has 0 saturated carbocycles. The average Bonchev–Trinajstić information content (AvgIpc) is 2.64. The number of carboxylic acids is 1. The van der Waals surface area contributed by atoms with E-state index >= 15 is 0 Å². The summed E-state index contributed by atoms with van der Waals surface area (Å²) in [6.07, 6.45) is 2.52. The minimum absolute atomic E-state index is 0.363. The SMILES string of the molecule is O=C(O)c1c(NS(=O)(=O)C(F)(F)F)sc2c1CCCC2. The van der Waals surface area contributed by atoms with Crippen molar-refractivity contribution < 1.29 is 31.5 Å². The molecule has 1 aliphatic carbocycles. The Labute approximate surface area is 116 Å². The molecule has 0 unspecified atom stereocenters. The summed E-state index contributed by atoms with van der Waals surface area (Å²) in [5, 5.41) is 8.63. The van der Waals surface area contributed by atoms with Crippen LogP contribution >= 0.6 is 11.3 Å². The third-order valence-electron chi connectivity index (χ3n) is 2.92. The molecule has 0 radical (unpaired) electrons. The monoisotopic (exact) mass is 329 g/mol. The summed E-state index contributed by atoms with van der Waals surface area (Å²) in [6, 6.07) is 0. The topological polar surface area (TPSA) is 83.5 Å². The van der Waals surface area contributed by atoms with Gasteiger partial charge in [0.2, 0.25) is 0 Å². The predicted molar refractivity (Wildman–Crippen MR) is 66.5 cm³/mol. The van der Waals surface area contributed by atoms with E-state index in [0.717, 1.165) is 24.2 Å². The smallest absolute Gasteiger partial charge is 0.478 e. The number of halogens is 3. The number of hydrogen-bond donors (Lipinski definition) is 2. The van der Waals surface area contributed by atoms with Crippen LogP contribution in [0.5, 0.6) is 0 Å². The quantitative estimate of drug-likeness (QED) is 0.893. The number of thiophene rings is 1. The molecule has 2 N–H and O–H groups in total. The highest BCUT2D eigenvalue weighted by atomic mass is 32.2. The van der Waals surface area contributed by atoms with E-state index < -0.39 is 26.5 Å². The van der Waals surface area contributed by atoms with Crippen molar-refractivity contribution in [2.45, 2.75) is 31.2 Å². The van der Waals surface area contributed by atoms with Gasteiger partial charge in [0.1, 0.15) is 5.00 Å². The Kier molecular flexibility index (Phi) is 3.71. The first kappa shape index (κ1) is 15.1. The van der Waals surface area contributed by atoms with Crippen LogP contribution in [0.1, 0.15) is 33.6 Å². The number of carbonyl (C=O) groups is 1. The lowest BCUT2D eigenvalue weighted by molar-refractivity contribution is -0.0429. The van der Waals surface area contributed by atoms with Crippen molar-refractivity contribution in [2.24, 2.45) is 0 Å². The maximum Gasteiger partial charge on any atom is 0.516 e. The first-order valence-electron chi connectivity index (χ1n) is 5.60. The van der Waals surface area contributed by atoms with E-state index in [1.165, 1.54) is 4.72 Å². The predicted octanol–water partition coefficient (Wildman–Crippen LogP) is 2.59. The van der Waals surface area contributed by atoms with Gasteiger partial charge in [0, 0.05) is 4.88 Å². The zero-order valence-corrected chi connectivity index (χ0v) is 11.6. The fourth-order valence-corrected chi connectivity index (χ4v) is 4.13. The van der Waals surface area contributed by atoms with Crippen molar-refractivity contribution in [3.05, 3.63) is 16.0 Å². The maximum atomic E-state index is 12.3. The Morgan fingerprint density at radius 2 is 1.85 bits per heavy atom. The molecule has 0 spiro atoms. The number of anilines is 1. The van der Waals surface area contributed by atoms with Crippen LogP contribution in [-0.4, -0.2) is 25.0 Å². The van der Waals surface area contributed by atoms with Gasteiger partial charge < -0.3 is 5.11 Å². The highest BCUT2D eigenvalue weighted by Crippen LogP contribution is 2.39. The van der Waals surface area contributed by atoms with Crippen LogP contribution in [0.4, 0.5) is 18.2 Å². The Bertz CT molecular complexity index is 648. The summed E-state index contributed by atoms with van der Waals surface area (Å²) < 4.78 is 60.6. The highest BCUT2D eigenvalue weighted by molar-refractivity contribution is 7.93. The summed E-state index contributed by atoms with van der Waals surface area (Å²) in [5.41, 5.74) is -5.40. The van der Waals surface area contributed by atoms with Crippen LogP contribution in [0.3, 0.4) is 0 Å². The number of aromatic carboxylic acids is 1. The number of alkyl halides is 3. The fourth-order valence-electron chi connectivity index (χ4n) is 2.04. The van der Waals surface area contributed by atoms with E-state index in [0.29, 0.717) is 23.3 Å². The molecule has 1 aromatic rings. The minimum atomic E-state index is -5.61. The number of aryl methyl sites for hydroxylation is 1. The van der Waals surface area contributed by atoms with Gasteiger partial charge >= 0.3 is 21.5 Å². The van der Waals surface area contributed by atoms with E-state index in [-0.39, 0.29) is 5.56 Å². The molecule has 1 aromatic heterocycles. The van der Waals surface area contributed by atoms with E-state index in [1.807, 2.05) is 0 Å². The second kappa shape index (κ2) is 4.92. The first-order chi connectivity index (χ1) is 9.13. The van der Waals surface area contributed by atoms with Gasteiger partial charge in [-0.3, -0.25) is 4.72 Å². The van der Waals surface area contributed by atoms with Gasteiger partial charge in [0.25, 0.3) is 0 Å². The summed E-state index contributed by atoms with van der Waals surface area (Å²) in [4.78, 5) is 11.8. The average molecular weight is 329 g/mol. The molecule has 10 heteroatoms. The molecule has 0 fully saturated rings. The Hall–Kier alpha value is -1.29. The lowest BCUT2D eigenvalue weighted by Gasteiger charge is -2.11. The number of fused-ring (bicyclic) bond motifs is 1. The standard InChI is InChI=1S/C10H10F3NO4S2/c11-10(12,13)20(17,18)14-8-7(9(15)16)5-3-1-2-4-6(5)19-8/h14H,1-4H2,(H,15,16). The zero-order chi connectivity index (χ0) is 15.1. The third kappa shape index (κ3) is 2.62. The van der Waals surface area contributed by atoms with E-state index in [9.17, 15) is 26.4 Å². The van der Waals surface area contributed by atoms with Crippen molar-refractivity contribution in [3.63, 3.8) is 0 Å². The largest absolute Gasteiger partial charge is 0.516 e. The van der Waals surface area contributed by atoms with Crippen LogP contribution in [0, 0.1) is 0 Å². The molecule has 20 heavy (non-hydrogen) atoms. The van der Waals surface area contributed by atoms with Gasteiger partial charge in [0.05, 0.1) is 5.56 Å². The van der Waals surface area contributed by atoms with E-state index in [1.54, 1.807) is 0 Å². The number of sulfonamides is 1. The zero-order valence-electron chi connectivity index (χ0n) is 9.95. The van der Waals surface area contributed by atoms with Crippen LogP contribution in [0.2, 0.25) is 0 Å². The lowest BCUT2D eigenvalue weighted by atomic mass is 9.96. The molecule has 0 saturated heterocycles. The number of hydrogen-bond acceptors (Lipinski definition) is 4. The van der Waals surface area contributed by atoms with Crippen molar-refractivity contribution >= 4 is 32.3 Å². The fraction of sp³-hybridized carbons (Fsp3) is 0.500. The summed E-state index contributed by atoms with van der Waals surface area (Å²) in [7, 11) is -5.61. The Morgan fingerprint density at radius 3 is 2.40 bits per heavy atom. The molecule has 0 atom stereocenters. The van der Waals surface area contributed by atoms with Crippen LogP contribution < -0.4 is 4.72 Å². The summed E-state index contributed by atoms with van der Waals surface area (Å²) in [5.74, 6) is -1.43. The first-order valence-corrected chi connectivity index (χ1v) is 7.90. The summed E-state index contributed by atoms with van der Waals surface area (Å²) >= 11 is 0.762. The molecular formula is C10H10F3NO4S2. The summed E-state index contributed by atoms with van der Waals surface area (Å²) in [6.45, 7) is 0. The van der Waals surface area contributed by atoms with Gasteiger partial charge in [-0.05, 0) is 31.2 Å². The van der Waals surface area contributed by atoms with Gasteiger partial charge in [-0.2, -0.15) is 21.6 Å². The van der Waals surface area contributed by atoms with Crippen molar-refractivity contribution in [1.82, 2.24) is 0 Å². The molecule has 112 valence electrons. The van der Waals surface area contributed by atoms with Crippen molar-refractivity contribution in [2.75, 3.05) is 4.72 Å². The van der Waals surface area contributed by atoms with E-state index in [2.05, 4.69) is 0 Å². The van der Waals surface area contributed by atoms with Crippen LogP contribution in [-0.2, 0) is 22.9 Å². The molecule has 0 bridgehead atoms. The third-order valence-corrected chi connectivity index (χ3v) is 5.34. The molecule has 2 rings (SSSR count). The van der Waals surface area contributed by atoms with Crippen LogP contribution in [0.25, 0.3) is 0 Å². The van der Waals surface area contributed by atoms with Gasteiger partial charge in [-0.25, -0.2) is 4.79 Å². The maximum absolute atomic E-state index is 12.3. The second-order valence-corrected chi connectivity index (χ2v) is 7.05. The molecule has 0 aliphatic heterocycles. The molecule has 5 nitrogen and oxygen atoms in total. The van der Waals surface area contributed by atoms with Crippen molar-refractivity contribution in [1.29, 1.82) is 0 Å². The molecular weight excluding hydrogens is 319 g/mol. The minimum Gasteiger partial charge on any atom is -0.478 e.